The van der Waals surface area contributed by atoms with Gasteiger partial charge in [0, 0.05) is 19.1 Å². The highest BCUT2D eigenvalue weighted by atomic mass is 19.4. The molecule has 4 unspecified atom stereocenters. The van der Waals surface area contributed by atoms with Crippen molar-refractivity contribution in [3.63, 3.8) is 0 Å². The molecule has 0 aromatic carbocycles. The lowest BCUT2D eigenvalue weighted by molar-refractivity contribution is -0.179. The van der Waals surface area contributed by atoms with E-state index in [0.29, 0.717) is 5.57 Å². The van der Waals surface area contributed by atoms with Crippen LogP contribution in [0, 0.1) is 11.8 Å². The molecule has 7 nitrogen and oxygen atoms in total. The van der Waals surface area contributed by atoms with E-state index in [0.717, 1.165) is 12.8 Å². The summed E-state index contributed by atoms with van der Waals surface area (Å²) in [5.41, 5.74) is 4.55. The minimum Gasteiger partial charge on any atom is -0.497 e. The molecule has 1 aromatic heterocycles. The Balaban J connectivity index is 1.92. The fourth-order valence-corrected chi connectivity index (χ4v) is 4.90. The van der Waals surface area contributed by atoms with Crippen LogP contribution in [-0.4, -0.2) is 59.6 Å². The van der Waals surface area contributed by atoms with Gasteiger partial charge in [0.05, 0.1) is 24.4 Å². The molecule has 2 fully saturated rings. The Hall–Kier alpha value is -2.14. The maximum absolute atomic E-state index is 15.6. The molecule has 11 heteroatoms. The lowest BCUT2D eigenvalue weighted by Gasteiger charge is -2.34. The first kappa shape index (κ1) is 21.1. The summed E-state index contributed by atoms with van der Waals surface area (Å²) in [6.45, 7) is 0.954. The number of nitrogens with zero attached hydrogens (tertiary/aromatic N) is 2. The molecule has 2 heterocycles. The first-order valence-corrected chi connectivity index (χ1v) is 9.88. The van der Waals surface area contributed by atoms with Gasteiger partial charge in [-0.15, -0.1) is 0 Å². The molecule has 1 aliphatic heterocycles. The Bertz CT molecular complexity index is 1090. The Morgan fingerprint density at radius 3 is 2.40 bits per heavy atom. The maximum Gasteiger partial charge on any atom is 0.393 e. The van der Waals surface area contributed by atoms with E-state index in [2.05, 4.69) is 4.98 Å². The number of hydrogen-bond donors (Lipinski definition) is 2. The van der Waals surface area contributed by atoms with Crippen molar-refractivity contribution in [1.82, 2.24) is 14.5 Å². The van der Waals surface area contributed by atoms with Crippen LogP contribution in [0.2, 0.25) is 0 Å². The number of halogens is 4. The Morgan fingerprint density at radius 1 is 1.23 bits per heavy atom. The van der Waals surface area contributed by atoms with Gasteiger partial charge in [0.25, 0.3) is 5.56 Å². The minimum absolute atomic E-state index is 0.0354. The van der Waals surface area contributed by atoms with E-state index >= 15 is 4.39 Å². The van der Waals surface area contributed by atoms with Crippen LogP contribution in [0.5, 0.6) is 0 Å². The number of aromatic nitrogens is 2. The molecule has 0 spiro atoms. The molecule has 3 aliphatic rings. The van der Waals surface area contributed by atoms with E-state index < -0.39 is 48.0 Å². The topological polar surface area (TPSA) is 93.3 Å². The standard InChI is InChI=1S/C19H24F4N4O3/c1-8-14-12(17(28)25-18(29)27(14)10-3-4-10)16(30-2)13(20)15(8)26-6-9(5-24)11(7-26)19(21,22)23/h9-11,13,15H,3-7,24H2,1-2H3,(H,25,28,29). The van der Waals surface area contributed by atoms with Crippen LogP contribution < -0.4 is 27.6 Å². The SMILES string of the molecule is COC1=c2c(=O)[nH]c(=O)n(C3CC3)c2=C(C)C(N2CC(CN)C(C(F)(F)F)C2)C1F. The average Bonchev–Trinajstić information content (AvgIpc) is 3.39. The number of H-pyrrole nitrogens is 1. The van der Waals surface area contributed by atoms with Gasteiger partial charge in [0.2, 0.25) is 0 Å². The number of nitrogens with one attached hydrogen (secondary N) is 1. The molecule has 3 N–H and O–H groups in total. The zero-order valence-corrected chi connectivity index (χ0v) is 16.6. The summed E-state index contributed by atoms with van der Waals surface area (Å²) in [5, 5.41) is 0.189. The van der Waals surface area contributed by atoms with Crippen LogP contribution in [0.4, 0.5) is 17.6 Å². The second-order valence-corrected chi connectivity index (χ2v) is 8.28. The minimum atomic E-state index is -4.45. The van der Waals surface area contributed by atoms with Crippen molar-refractivity contribution in [3.05, 3.63) is 31.4 Å². The van der Waals surface area contributed by atoms with Crippen molar-refractivity contribution in [1.29, 1.82) is 0 Å². The zero-order chi connectivity index (χ0) is 22.0. The Morgan fingerprint density at radius 2 is 1.90 bits per heavy atom. The molecular formula is C19H24F4N4O3. The summed E-state index contributed by atoms with van der Waals surface area (Å²) in [6, 6.07) is -1.22. The number of aromatic amines is 1. The van der Waals surface area contributed by atoms with Crippen LogP contribution >= 0.6 is 0 Å². The maximum atomic E-state index is 15.6. The predicted molar refractivity (Wildman–Crippen MR) is 101 cm³/mol. The highest BCUT2D eigenvalue weighted by Crippen LogP contribution is 2.40. The molecule has 2 aliphatic carbocycles. The van der Waals surface area contributed by atoms with Gasteiger partial charge < -0.3 is 10.5 Å². The van der Waals surface area contributed by atoms with E-state index in [1.807, 2.05) is 0 Å². The third kappa shape index (κ3) is 3.18. The van der Waals surface area contributed by atoms with Crippen molar-refractivity contribution in [2.24, 2.45) is 17.6 Å². The lowest BCUT2D eigenvalue weighted by Crippen LogP contribution is -2.61. The molecule has 1 saturated heterocycles. The molecule has 0 bridgehead atoms. The van der Waals surface area contributed by atoms with Gasteiger partial charge in [-0.25, -0.2) is 9.18 Å². The molecule has 4 rings (SSSR count). The van der Waals surface area contributed by atoms with Crippen LogP contribution in [0.25, 0.3) is 11.3 Å². The van der Waals surface area contributed by atoms with Gasteiger partial charge in [0.15, 0.2) is 6.17 Å². The molecule has 0 radical (unpaired) electrons. The quantitative estimate of drug-likeness (QED) is 0.631. The van der Waals surface area contributed by atoms with Gasteiger partial charge in [-0.3, -0.25) is 19.2 Å². The van der Waals surface area contributed by atoms with Crippen molar-refractivity contribution >= 4 is 11.3 Å². The molecule has 1 saturated carbocycles. The largest absolute Gasteiger partial charge is 0.497 e. The second-order valence-electron chi connectivity index (χ2n) is 8.28. The number of fused-ring (bicyclic) bond motifs is 1. The fourth-order valence-electron chi connectivity index (χ4n) is 4.90. The van der Waals surface area contributed by atoms with E-state index in [4.69, 9.17) is 10.5 Å². The Kier molecular flexibility index (Phi) is 5.08. The molecular weight excluding hydrogens is 408 g/mol. The number of nitrogens with two attached hydrogens (primary N) is 1. The van der Waals surface area contributed by atoms with Crippen molar-refractivity contribution in [2.45, 2.75) is 44.2 Å². The molecule has 166 valence electrons. The molecule has 0 amide bonds. The van der Waals surface area contributed by atoms with E-state index in [1.54, 1.807) is 6.92 Å². The number of hydrogen-bond acceptors (Lipinski definition) is 5. The summed E-state index contributed by atoms with van der Waals surface area (Å²) < 4.78 is 62.7. The smallest absolute Gasteiger partial charge is 0.393 e. The number of ether oxygens (including phenoxy) is 1. The normalized spacial score (nSPS) is 30.0. The summed E-state index contributed by atoms with van der Waals surface area (Å²) >= 11 is 0. The number of methoxy groups -OCH3 is 1. The van der Waals surface area contributed by atoms with Crippen molar-refractivity contribution in [3.8, 4) is 0 Å². The second kappa shape index (κ2) is 7.23. The Labute approximate surface area is 168 Å². The average molecular weight is 432 g/mol. The van der Waals surface area contributed by atoms with E-state index in [-0.39, 0.29) is 35.5 Å². The van der Waals surface area contributed by atoms with E-state index in [1.165, 1.54) is 16.6 Å². The summed E-state index contributed by atoms with van der Waals surface area (Å²) in [6.07, 6.45) is -4.84. The molecule has 30 heavy (non-hydrogen) atoms. The van der Waals surface area contributed by atoms with Gasteiger partial charge >= 0.3 is 11.9 Å². The third-order valence-corrected chi connectivity index (χ3v) is 6.45. The number of likely N-dealkylation sites (tertiary alicyclic amines) is 1. The zero-order valence-electron chi connectivity index (χ0n) is 16.6. The molecule has 4 atom stereocenters. The number of alkyl halides is 4. The van der Waals surface area contributed by atoms with Crippen LogP contribution in [0.3, 0.4) is 0 Å². The van der Waals surface area contributed by atoms with Gasteiger partial charge in [-0.2, -0.15) is 13.2 Å². The predicted octanol–water partition coefficient (Wildman–Crippen LogP) is -0.414. The van der Waals surface area contributed by atoms with Gasteiger partial charge in [0.1, 0.15) is 11.0 Å². The lowest BCUT2D eigenvalue weighted by atomic mass is 9.94. The summed E-state index contributed by atoms with van der Waals surface area (Å²) in [5.74, 6) is -2.79. The first-order chi connectivity index (χ1) is 14.1. The van der Waals surface area contributed by atoms with Crippen LogP contribution in [0.1, 0.15) is 25.8 Å². The highest BCUT2D eigenvalue weighted by Gasteiger charge is 2.52. The first-order valence-electron chi connectivity index (χ1n) is 9.88. The fraction of sp³-hybridized carbons (Fsp3) is 0.684. The summed E-state index contributed by atoms with van der Waals surface area (Å²) in [4.78, 5) is 28.6. The summed E-state index contributed by atoms with van der Waals surface area (Å²) in [7, 11) is 1.21. The monoisotopic (exact) mass is 432 g/mol. The van der Waals surface area contributed by atoms with Crippen molar-refractivity contribution < 1.29 is 22.3 Å². The van der Waals surface area contributed by atoms with Gasteiger partial charge in [-0.05, 0) is 37.8 Å². The molecule has 1 aromatic rings. The van der Waals surface area contributed by atoms with Gasteiger partial charge in [-0.1, -0.05) is 0 Å². The highest BCUT2D eigenvalue weighted by molar-refractivity contribution is 5.60. The van der Waals surface area contributed by atoms with Crippen LogP contribution in [-0.2, 0) is 4.74 Å². The van der Waals surface area contributed by atoms with E-state index in [9.17, 15) is 22.8 Å². The van der Waals surface area contributed by atoms with Crippen molar-refractivity contribution in [2.75, 3.05) is 26.7 Å². The van der Waals surface area contributed by atoms with Crippen LogP contribution in [0.15, 0.2) is 9.59 Å². The third-order valence-electron chi connectivity index (χ3n) is 6.45. The number of rotatable bonds is 4.